The zero-order chi connectivity index (χ0) is 30.1. The maximum absolute atomic E-state index is 14.2. The first-order chi connectivity index (χ1) is 21.0. The second-order valence-corrected chi connectivity index (χ2v) is 10.7. The molecule has 3 N–H and O–H groups in total. The molecule has 11 nitrogen and oxygen atoms in total. The van der Waals surface area contributed by atoms with Gasteiger partial charge < -0.3 is 25.4 Å². The highest BCUT2D eigenvalue weighted by atomic mass is 16.5. The SMILES string of the molecule is COCCCC1(C(=O)NCc2cccnc2)CNC(=O)c2c3ccccc3nn2CCNC(=O)COc2cccc(c2)C1. The molecule has 1 aliphatic rings. The van der Waals surface area contributed by atoms with Crippen LogP contribution in [-0.2, 0) is 33.8 Å². The van der Waals surface area contributed by atoms with E-state index in [1.807, 2.05) is 54.6 Å². The second kappa shape index (κ2) is 13.9. The quantitative estimate of drug-likeness (QED) is 0.284. The molecular formula is C32H36N6O5. The van der Waals surface area contributed by atoms with E-state index in [0.717, 1.165) is 11.1 Å². The van der Waals surface area contributed by atoms with Gasteiger partial charge in [0.1, 0.15) is 11.4 Å². The van der Waals surface area contributed by atoms with Crippen molar-refractivity contribution in [3.63, 3.8) is 0 Å². The zero-order valence-electron chi connectivity index (χ0n) is 24.2. The van der Waals surface area contributed by atoms with Crippen molar-refractivity contribution in [3.8, 4) is 5.75 Å². The van der Waals surface area contributed by atoms with Gasteiger partial charge in [0.15, 0.2) is 6.61 Å². The first-order valence-corrected chi connectivity index (χ1v) is 14.4. The summed E-state index contributed by atoms with van der Waals surface area (Å²) < 4.78 is 12.7. The van der Waals surface area contributed by atoms with Crippen LogP contribution < -0.4 is 20.7 Å². The molecule has 2 aromatic carbocycles. The lowest BCUT2D eigenvalue weighted by Crippen LogP contribution is -2.50. The number of aromatic nitrogens is 3. The molecule has 4 aromatic rings. The Kier molecular flexibility index (Phi) is 9.63. The second-order valence-electron chi connectivity index (χ2n) is 10.7. The molecule has 43 heavy (non-hydrogen) atoms. The molecule has 11 heteroatoms. The van der Waals surface area contributed by atoms with Gasteiger partial charge in [0.2, 0.25) is 5.91 Å². The monoisotopic (exact) mass is 584 g/mol. The number of fused-ring (bicyclic) bond motifs is 5. The predicted molar refractivity (Wildman–Crippen MR) is 160 cm³/mol. The van der Waals surface area contributed by atoms with Crippen LogP contribution in [0.4, 0.5) is 0 Å². The van der Waals surface area contributed by atoms with Crippen LogP contribution in [0.25, 0.3) is 10.9 Å². The van der Waals surface area contributed by atoms with Gasteiger partial charge in [-0.05, 0) is 54.7 Å². The fraction of sp³-hybridized carbons (Fsp3) is 0.344. The van der Waals surface area contributed by atoms with Crippen LogP contribution in [-0.4, -0.2) is 65.9 Å². The molecule has 1 unspecified atom stereocenters. The molecule has 3 amide bonds. The van der Waals surface area contributed by atoms with Crippen LogP contribution in [0.3, 0.4) is 0 Å². The predicted octanol–water partition coefficient (Wildman–Crippen LogP) is 2.64. The highest BCUT2D eigenvalue weighted by molar-refractivity contribution is 6.05. The van der Waals surface area contributed by atoms with Gasteiger partial charge in [-0.15, -0.1) is 0 Å². The molecule has 2 aromatic heterocycles. The zero-order valence-corrected chi connectivity index (χ0v) is 24.2. The van der Waals surface area contributed by atoms with E-state index < -0.39 is 5.41 Å². The van der Waals surface area contributed by atoms with E-state index in [2.05, 4.69) is 26.0 Å². The van der Waals surface area contributed by atoms with Crippen molar-refractivity contribution in [1.29, 1.82) is 0 Å². The van der Waals surface area contributed by atoms with Crippen LogP contribution >= 0.6 is 0 Å². The molecule has 0 saturated carbocycles. The molecule has 1 aliphatic heterocycles. The van der Waals surface area contributed by atoms with Gasteiger partial charge in [0.05, 0.1) is 17.5 Å². The van der Waals surface area contributed by atoms with E-state index in [9.17, 15) is 14.4 Å². The summed E-state index contributed by atoms with van der Waals surface area (Å²) in [5, 5.41) is 14.3. The average Bonchev–Trinajstić information content (AvgIpc) is 3.40. The number of nitrogens with zero attached hydrogens (tertiary/aromatic N) is 3. The van der Waals surface area contributed by atoms with Gasteiger partial charge in [-0.2, -0.15) is 5.10 Å². The fourth-order valence-corrected chi connectivity index (χ4v) is 5.39. The highest BCUT2D eigenvalue weighted by Crippen LogP contribution is 2.31. The maximum Gasteiger partial charge on any atom is 0.270 e. The van der Waals surface area contributed by atoms with Gasteiger partial charge in [-0.25, -0.2) is 0 Å². The van der Waals surface area contributed by atoms with E-state index in [-0.39, 0.29) is 44.0 Å². The molecule has 224 valence electrons. The lowest BCUT2D eigenvalue weighted by atomic mass is 9.76. The van der Waals surface area contributed by atoms with E-state index >= 15 is 0 Å². The van der Waals surface area contributed by atoms with Crippen LogP contribution in [0.15, 0.2) is 73.1 Å². The van der Waals surface area contributed by atoms with E-state index in [1.54, 1.807) is 30.3 Å². The topological polar surface area (TPSA) is 136 Å². The minimum atomic E-state index is -1.02. The van der Waals surface area contributed by atoms with Crippen molar-refractivity contribution >= 4 is 28.6 Å². The minimum Gasteiger partial charge on any atom is -0.484 e. The van der Waals surface area contributed by atoms with Gasteiger partial charge >= 0.3 is 0 Å². The minimum absolute atomic E-state index is 0.0791. The number of benzene rings is 2. The van der Waals surface area contributed by atoms with Gasteiger partial charge in [-0.1, -0.05) is 36.4 Å². The van der Waals surface area contributed by atoms with Crippen LogP contribution in [0.1, 0.15) is 34.5 Å². The number of carbonyl (C=O) groups is 3. The number of hydrogen-bond donors (Lipinski definition) is 3. The third kappa shape index (κ3) is 7.36. The summed E-state index contributed by atoms with van der Waals surface area (Å²) in [6.07, 6.45) is 4.76. The van der Waals surface area contributed by atoms with Crippen molar-refractivity contribution in [2.75, 3.05) is 33.4 Å². The summed E-state index contributed by atoms with van der Waals surface area (Å²) in [5.74, 6) is -0.312. The Bertz CT molecular complexity index is 1570. The normalized spacial score (nSPS) is 17.8. The number of methoxy groups -OCH3 is 1. The van der Waals surface area contributed by atoms with Crippen LogP contribution in [0.2, 0.25) is 0 Å². The molecule has 0 radical (unpaired) electrons. The number of pyridine rings is 1. The number of rotatable bonds is 7. The van der Waals surface area contributed by atoms with Gasteiger partial charge in [0, 0.05) is 51.1 Å². The molecule has 5 rings (SSSR count). The van der Waals surface area contributed by atoms with Crippen LogP contribution in [0.5, 0.6) is 5.75 Å². The molecule has 3 heterocycles. The standard InChI is InChI=1S/C32H36N6O5/c1-42-16-6-12-32(31(41)35-20-24-8-5-13-33-19-24)18-23-7-4-9-25(17-23)43-21-28(39)34-14-15-38-29(30(40)36-22-32)26-10-2-3-11-27(26)37-38/h2-5,7-11,13,17,19H,6,12,14-16,18,20-22H2,1H3,(H,34,39)(H,35,41)(H,36,40). The summed E-state index contributed by atoms with van der Waals surface area (Å²) in [7, 11) is 1.62. The van der Waals surface area contributed by atoms with Gasteiger partial charge in [-0.3, -0.25) is 24.0 Å². The Hall–Kier alpha value is -4.77. The van der Waals surface area contributed by atoms with Crippen molar-refractivity contribution in [2.24, 2.45) is 5.41 Å². The van der Waals surface area contributed by atoms with Crippen molar-refractivity contribution in [2.45, 2.75) is 32.4 Å². The van der Waals surface area contributed by atoms with Gasteiger partial charge in [0.25, 0.3) is 11.8 Å². The lowest BCUT2D eigenvalue weighted by Gasteiger charge is -2.33. The Morgan fingerprint density at radius 2 is 2.00 bits per heavy atom. The Balaban J connectivity index is 1.53. The Labute approximate surface area is 250 Å². The highest BCUT2D eigenvalue weighted by Gasteiger charge is 2.39. The summed E-state index contributed by atoms with van der Waals surface area (Å²) in [4.78, 5) is 44.7. The largest absolute Gasteiger partial charge is 0.484 e. The maximum atomic E-state index is 14.2. The third-order valence-corrected chi connectivity index (χ3v) is 7.57. The van der Waals surface area contributed by atoms with Crippen molar-refractivity contribution < 1.29 is 23.9 Å². The molecule has 0 saturated heterocycles. The fourth-order valence-electron chi connectivity index (χ4n) is 5.39. The number of amides is 3. The average molecular weight is 585 g/mol. The van der Waals surface area contributed by atoms with Crippen molar-refractivity contribution in [3.05, 3.63) is 89.9 Å². The first kappa shape index (κ1) is 29.7. The van der Waals surface area contributed by atoms with Crippen LogP contribution in [0, 0.1) is 5.41 Å². The number of ether oxygens (including phenoxy) is 2. The smallest absolute Gasteiger partial charge is 0.270 e. The molecule has 0 aliphatic carbocycles. The molecule has 0 fully saturated rings. The van der Waals surface area contributed by atoms with Crippen molar-refractivity contribution in [1.82, 2.24) is 30.7 Å². The van der Waals surface area contributed by atoms with E-state index in [4.69, 9.17) is 9.47 Å². The first-order valence-electron chi connectivity index (χ1n) is 14.4. The summed E-state index contributed by atoms with van der Waals surface area (Å²) in [5.41, 5.74) is 1.71. The summed E-state index contributed by atoms with van der Waals surface area (Å²) in [6.45, 7) is 1.21. The third-order valence-electron chi connectivity index (χ3n) is 7.57. The molecule has 1 atom stereocenters. The van der Waals surface area contributed by atoms with E-state index in [0.29, 0.717) is 54.8 Å². The summed E-state index contributed by atoms with van der Waals surface area (Å²) in [6, 6.07) is 18.5. The molecule has 2 bridgehead atoms. The van der Waals surface area contributed by atoms with E-state index in [1.165, 1.54) is 0 Å². The number of hydrogen-bond acceptors (Lipinski definition) is 7. The Morgan fingerprint density at radius 3 is 2.84 bits per heavy atom. The molecular weight excluding hydrogens is 548 g/mol. The Morgan fingerprint density at radius 1 is 1.12 bits per heavy atom. The summed E-state index contributed by atoms with van der Waals surface area (Å²) >= 11 is 0. The number of nitrogens with one attached hydrogen (secondary N) is 3. The molecule has 0 spiro atoms. The number of carbonyl (C=O) groups excluding carboxylic acids is 3. The lowest BCUT2D eigenvalue weighted by molar-refractivity contribution is -0.131.